The molecule has 0 aliphatic heterocycles. The highest BCUT2D eigenvalue weighted by Crippen LogP contribution is 2.11. The van der Waals surface area contributed by atoms with Crippen molar-refractivity contribution in [2.24, 2.45) is 0 Å². The van der Waals surface area contributed by atoms with E-state index >= 15 is 0 Å². The molecule has 0 unspecified atom stereocenters. The second-order valence-electron chi connectivity index (χ2n) is 4.87. The molecule has 2 rings (SSSR count). The first kappa shape index (κ1) is 14.7. The third-order valence-electron chi connectivity index (χ3n) is 3.04. The predicted molar refractivity (Wildman–Crippen MR) is 85.3 cm³/mol. The SMILES string of the molecule is CC(=O)c1cccc(NC(=O)/C=C/c2ccc(C)cc2)c1. The zero-order valence-corrected chi connectivity index (χ0v) is 12.1. The van der Waals surface area contributed by atoms with Gasteiger partial charge in [0.1, 0.15) is 0 Å². The van der Waals surface area contributed by atoms with E-state index in [-0.39, 0.29) is 11.7 Å². The van der Waals surface area contributed by atoms with Crippen molar-refractivity contribution < 1.29 is 9.59 Å². The molecule has 3 heteroatoms. The van der Waals surface area contributed by atoms with Crippen molar-refractivity contribution in [2.75, 3.05) is 5.32 Å². The van der Waals surface area contributed by atoms with Gasteiger partial charge in [-0.25, -0.2) is 0 Å². The number of Topliss-reactive ketones (excluding diaryl/α,β-unsaturated/α-hetero) is 1. The van der Waals surface area contributed by atoms with Gasteiger partial charge in [-0.3, -0.25) is 9.59 Å². The van der Waals surface area contributed by atoms with Gasteiger partial charge in [0.25, 0.3) is 0 Å². The summed E-state index contributed by atoms with van der Waals surface area (Å²) < 4.78 is 0. The minimum atomic E-state index is -0.226. The second kappa shape index (κ2) is 6.66. The van der Waals surface area contributed by atoms with Gasteiger partial charge in [-0.05, 0) is 37.6 Å². The average molecular weight is 279 g/mol. The minimum absolute atomic E-state index is 0.0266. The molecule has 0 heterocycles. The number of ketones is 1. The molecular formula is C18H17NO2. The molecule has 3 nitrogen and oxygen atoms in total. The number of carbonyl (C=O) groups excluding carboxylic acids is 2. The van der Waals surface area contributed by atoms with Crippen LogP contribution in [0.3, 0.4) is 0 Å². The highest BCUT2D eigenvalue weighted by Gasteiger charge is 2.02. The van der Waals surface area contributed by atoms with Crippen molar-refractivity contribution in [3.05, 3.63) is 71.3 Å². The van der Waals surface area contributed by atoms with Gasteiger partial charge in [-0.1, -0.05) is 42.0 Å². The first-order chi connectivity index (χ1) is 10.0. The molecule has 1 N–H and O–H groups in total. The van der Waals surface area contributed by atoms with Gasteiger partial charge in [-0.2, -0.15) is 0 Å². The zero-order valence-electron chi connectivity index (χ0n) is 12.1. The molecule has 2 aromatic carbocycles. The lowest BCUT2D eigenvalue weighted by Crippen LogP contribution is -2.08. The van der Waals surface area contributed by atoms with Gasteiger partial charge in [0.15, 0.2) is 5.78 Å². The number of hydrogen-bond acceptors (Lipinski definition) is 2. The summed E-state index contributed by atoms with van der Waals surface area (Å²) in [4.78, 5) is 23.1. The number of anilines is 1. The van der Waals surface area contributed by atoms with Crippen molar-refractivity contribution >= 4 is 23.5 Å². The number of hydrogen-bond donors (Lipinski definition) is 1. The van der Waals surface area contributed by atoms with Crippen LogP contribution in [0.2, 0.25) is 0 Å². The van der Waals surface area contributed by atoms with Crippen LogP contribution in [0.1, 0.15) is 28.4 Å². The molecule has 0 saturated carbocycles. The van der Waals surface area contributed by atoms with Gasteiger partial charge >= 0.3 is 0 Å². The maximum Gasteiger partial charge on any atom is 0.248 e. The number of amides is 1. The molecule has 106 valence electrons. The van der Waals surface area contributed by atoms with E-state index in [1.165, 1.54) is 18.6 Å². The van der Waals surface area contributed by atoms with Crippen molar-refractivity contribution in [1.82, 2.24) is 0 Å². The van der Waals surface area contributed by atoms with Crippen LogP contribution in [0, 0.1) is 6.92 Å². The minimum Gasteiger partial charge on any atom is -0.322 e. The Morgan fingerprint density at radius 3 is 2.43 bits per heavy atom. The Morgan fingerprint density at radius 1 is 1.05 bits per heavy atom. The Kier molecular flexibility index (Phi) is 4.67. The van der Waals surface area contributed by atoms with E-state index in [0.717, 1.165) is 5.56 Å². The van der Waals surface area contributed by atoms with Gasteiger partial charge in [0.2, 0.25) is 5.91 Å². The summed E-state index contributed by atoms with van der Waals surface area (Å²) in [5.74, 6) is -0.252. The summed E-state index contributed by atoms with van der Waals surface area (Å²) in [5.41, 5.74) is 3.34. The van der Waals surface area contributed by atoms with Crippen molar-refractivity contribution in [3.63, 3.8) is 0 Å². The molecule has 0 fully saturated rings. The van der Waals surface area contributed by atoms with Crippen molar-refractivity contribution in [2.45, 2.75) is 13.8 Å². The van der Waals surface area contributed by atoms with Crippen LogP contribution in [-0.2, 0) is 4.79 Å². The Hall–Kier alpha value is -2.68. The van der Waals surface area contributed by atoms with Crippen molar-refractivity contribution in [3.8, 4) is 0 Å². The molecule has 0 bridgehead atoms. The zero-order chi connectivity index (χ0) is 15.2. The second-order valence-corrected chi connectivity index (χ2v) is 4.87. The molecule has 0 atom stereocenters. The van der Waals surface area contributed by atoms with Crippen LogP contribution in [0.5, 0.6) is 0 Å². The molecule has 0 aliphatic rings. The topological polar surface area (TPSA) is 46.2 Å². The van der Waals surface area contributed by atoms with Crippen LogP contribution in [0.25, 0.3) is 6.08 Å². The van der Waals surface area contributed by atoms with Crippen LogP contribution in [0.4, 0.5) is 5.69 Å². The van der Waals surface area contributed by atoms with E-state index in [1.54, 1.807) is 30.3 Å². The molecule has 0 aromatic heterocycles. The van der Waals surface area contributed by atoms with E-state index in [4.69, 9.17) is 0 Å². The van der Waals surface area contributed by atoms with Crippen LogP contribution >= 0.6 is 0 Å². The standard InChI is InChI=1S/C18H17NO2/c1-13-6-8-15(9-7-13)10-11-18(21)19-17-5-3-4-16(12-17)14(2)20/h3-12H,1-2H3,(H,19,21)/b11-10+. The number of nitrogens with one attached hydrogen (secondary N) is 1. The van der Waals surface area contributed by atoms with Crippen molar-refractivity contribution in [1.29, 1.82) is 0 Å². The first-order valence-corrected chi connectivity index (χ1v) is 6.71. The number of carbonyl (C=O) groups is 2. The van der Waals surface area contributed by atoms with Gasteiger partial charge in [-0.15, -0.1) is 0 Å². The Bertz CT molecular complexity index is 685. The lowest BCUT2D eigenvalue weighted by Gasteiger charge is -2.03. The Morgan fingerprint density at radius 2 is 1.76 bits per heavy atom. The number of rotatable bonds is 4. The van der Waals surface area contributed by atoms with Crippen LogP contribution in [0.15, 0.2) is 54.6 Å². The maximum absolute atomic E-state index is 11.9. The summed E-state index contributed by atoms with van der Waals surface area (Å²) in [7, 11) is 0. The van der Waals surface area contributed by atoms with E-state index in [0.29, 0.717) is 11.3 Å². The summed E-state index contributed by atoms with van der Waals surface area (Å²) in [6, 6.07) is 14.8. The summed E-state index contributed by atoms with van der Waals surface area (Å²) in [6.45, 7) is 3.51. The van der Waals surface area contributed by atoms with E-state index in [9.17, 15) is 9.59 Å². The number of benzene rings is 2. The van der Waals surface area contributed by atoms with Gasteiger partial charge in [0, 0.05) is 17.3 Å². The Balaban J connectivity index is 2.03. The highest BCUT2D eigenvalue weighted by atomic mass is 16.1. The molecule has 2 aromatic rings. The first-order valence-electron chi connectivity index (χ1n) is 6.71. The Labute approximate surface area is 124 Å². The highest BCUT2D eigenvalue weighted by molar-refractivity contribution is 6.03. The molecule has 0 saturated heterocycles. The summed E-state index contributed by atoms with van der Waals surface area (Å²) in [6.07, 6.45) is 3.23. The smallest absolute Gasteiger partial charge is 0.248 e. The van der Waals surface area contributed by atoms with Crippen LogP contribution in [-0.4, -0.2) is 11.7 Å². The van der Waals surface area contributed by atoms with Crippen LogP contribution < -0.4 is 5.32 Å². The fourth-order valence-electron chi connectivity index (χ4n) is 1.85. The third kappa shape index (κ3) is 4.42. The quantitative estimate of drug-likeness (QED) is 0.682. The van der Waals surface area contributed by atoms with E-state index in [2.05, 4.69) is 5.32 Å². The fourth-order valence-corrected chi connectivity index (χ4v) is 1.85. The summed E-state index contributed by atoms with van der Waals surface area (Å²) >= 11 is 0. The molecule has 1 amide bonds. The molecule has 0 spiro atoms. The lowest BCUT2D eigenvalue weighted by atomic mass is 10.1. The summed E-state index contributed by atoms with van der Waals surface area (Å²) in [5, 5.41) is 2.74. The van der Waals surface area contributed by atoms with E-state index in [1.807, 2.05) is 31.2 Å². The maximum atomic E-state index is 11.9. The lowest BCUT2D eigenvalue weighted by molar-refractivity contribution is -0.111. The predicted octanol–water partition coefficient (Wildman–Crippen LogP) is 3.85. The van der Waals surface area contributed by atoms with E-state index < -0.39 is 0 Å². The van der Waals surface area contributed by atoms with Gasteiger partial charge < -0.3 is 5.32 Å². The molecular weight excluding hydrogens is 262 g/mol. The third-order valence-corrected chi connectivity index (χ3v) is 3.04. The average Bonchev–Trinajstić information content (AvgIpc) is 2.47. The monoisotopic (exact) mass is 279 g/mol. The normalized spacial score (nSPS) is 10.6. The molecule has 21 heavy (non-hydrogen) atoms. The largest absolute Gasteiger partial charge is 0.322 e. The van der Waals surface area contributed by atoms with Gasteiger partial charge in [0.05, 0.1) is 0 Å². The fraction of sp³-hybridized carbons (Fsp3) is 0.111. The molecule has 0 aliphatic carbocycles. The molecule has 0 radical (unpaired) electrons. The number of aryl methyl sites for hydroxylation is 1.